The molecule has 1 heterocycles. The van der Waals surface area contributed by atoms with Crippen molar-refractivity contribution in [3.63, 3.8) is 0 Å². The third-order valence-electron chi connectivity index (χ3n) is 3.21. The van der Waals surface area contributed by atoms with Crippen molar-refractivity contribution in [2.24, 2.45) is 0 Å². The second-order valence-electron chi connectivity index (χ2n) is 4.74. The molecule has 1 aromatic carbocycles. The summed E-state index contributed by atoms with van der Waals surface area (Å²) in [7, 11) is -1.57. The van der Waals surface area contributed by atoms with Crippen molar-refractivity contribution < 1.29 is 13.2 Å². The number of rotatable bonds is 3. The molecule has 1 unspecified atom stereocenters. The third-order valence-corrected chi connectivity index (χ3v) is 5.06. The number of hydrogen-bond donors (Lipinski definition) is 1. The van der Waals surface area contributed by atoms with E-state index in [9.17, 15) is 13.7 Å². The Balaban J connectivity index is 2.21. The van der Waals surface area contributed by atoms with E-state index in [1.807, 2.05) is 0 Å². The maximum Gasteiger partial charge on any atom is 0.153 e. The summed E-state index contributed by atoms with van der Waals surface area (Å²) in [6.45, 7) is 0. The van der Waals surface area contributed by atoms with Gasteiger partial charge in [0, 0.05) is 5.69 Å². The topological polar surface area (TPSA) is 79.2 Å². The third kappa shape index (κ3) is 3.18. The van der Waals surface area contributed by atoms with Gasteiger partial charge in [0.15, 0.2) is 9.84 Å². The molecule has 0 amide bonds. The molecule has 1 atom stereocenters. The van der Waals surface area contributed by atoms with Crippen LogP contribution in [0.15, 0.2) is 24.3 Å². The first-order valence-electron chi connectivity index (χ1n) is 6.03. The number of methoxy groups -OCH3 is 1. The van der Waals surface area contributed by atoms with Crippen LogP contribution in [0.4, 0.5) is 5.69 Å². The Kier molecular flexibility index (Phi) is 3.67. The molecule has 1 aliphatic heterocycles. The van der Waals surface area contributed by atoms with Gasteiger partial charge in [0.2, 0.25) is 0 Å². The van der Waals surface area contributed by atoms with Gasteiger partial charge in [-0.3, -0.25) is 0 Å². The fourth-order valence-electron chi connectivity index (χ4n) is 2.28. The predicted molar refractivity (Wildman–Crippen MR) is 72.8 cm³/mol. The molecular weight excluding hydrogens is 264 g/mol. The molecule has 0 aliphatic carbocycles. The molecule has 1 N–H and O–H groups in total. The summed E-state index contributed by atoms with van der Waals surface area (Å²) in [6, 6.07) is 9.22. The van der Waals surface area contributed by atoms with Crippen LogP contribution >= 0.6 is 0 Å². The van der Waals surface area contributed by atoms with Crippen LogP contribution in [0.25, 0.3) is 0 Å². The highest BCUT2D eigenvalue weighted by Gasteiger charge is 2.39. The number of anilines is 1. The van der Waals surface area contributed by atoms with Gasteiger partial charge in [-0.25, -0.2) is 8.42 Å². The summed E-state index contributed by atoms with van der Waals surface area (Å²) in [5.74, 6) is 0.747. The molecule has 1 aromatic rings. The fraction of sp³-hybridized carbons (Fsp3) is 0.462. The van der Waals surface area contributed by atoms with Crippen LogP contribution < -0.4 is 10.1 Å². The number of hydrogen-bond acceptors (Lipinski definition) is 5. The second-order valence-corrected chi connectivity index (χ2v) is 6.93. The number of nitrogens with one attached hydrogen (secondary N) is 1. The molecule has 6 heteroatoms. The van der Waals surface area contributed by atoms with E-state index in [-0.39, 0.29) is 11.5 Å². The summed E-state index contributed by atoms with van der Waals surface area (Å²) in [5, 5.41) is 12.4. The molecule has 0 saturated carbocycles. The highest BCUT2D eigenvalue weighted by atomic mass is 32.2. The molecule has 1 aliphatic rings. The van der Waals surface area contributed by atoms with E-state index >= 15 is 0 Å². The lowest BCUT2D eigenvalue weighted by Crippen LogP contribution is -2.47. The van der Waals surface area contributed by atoms with Gasteiger partial charge in [-0.2, -0.15) is 5.26 Å². The van der Waals surface area contributed by atoms with Gasteiger partial charge in [-0.1, -0.05) is 0 Å². The van der Waals surface area contributed by atoms with E-state index in [1.165, 1.54) is 0 Å². The molecular formula is C13H16N2O3S. The molecule has 5 nitrogen and oxygen atoms in total. The summed E-state index contributed by atoms with van der Waals surface area (Å²) >= 11 is 0. The standard InChI is InChI=1S/C13H16N2O3S/c1-18-12-5-3-11(4-6-12)15-13(9-14)7-2-8-19(16,17)10-13/h3-6,15H,2,7-8,10H2,1H3. The van der Waals surface area contributed by atoms with Crippen molar-refractivity contribution in [2.75, 3.05) is 23.9 Å². The lowest BCUT2D eigenvalue weighted by Gasteiger charge is -2.32. The minimum Gasteiger partial charge on any atom is -0.497 e. The normalized spacial score (nSPS) is 25.3. The van der Waals surface area contributed by atoms with Crippen LogP contribution in [-0.4, -0.2) is 32.6 Å². The lowest BCUT2D eigenvalue weighted by molar-refractivity contribution is 0.415. The van der Waals surface area contributed by atoms with Crippen molar-refractivity contribution in [3.05, 3.63) is 24.3 Å². The molecule has 102 valence electrons. The largest absolute Gasteiger partial charge is 0.497 e. The van der Waals surface area contributed by atoms with Crippen LogP contribution in [0, 0.1) is 11.3 Å². The minimum atomic E-state index is -3.15. The highest BCUT2D eigenvalue weighted by Crippen LogP contribution is 2.27. The van der Waals surface area contributed by atoms with Gasteiger partial charge in [-0.15, -0.1) is 0 Å². The fourth-order valence-corrected chi connectivity index (χ4v) is 4.04. The van der Waals surface area contributed by atoms with Gasteiger partial charge in [0.1, 0.15) is 11.3 Å². The van der Waals surface area contributed by atoms with E-state index in [1.54, 1.807) is 31.4 Å². The molecule has 0 aromatic heterocycles. The van der Waals surface area contributed by atoms with Crippen LogP contribution in [0.2, 0.25) is 0 Å². The average Bonchev–Trinajstić information content (AvgIpc) is 2.38. The molecule has 2 rings (SSSR count). The minimum absolute atomic E-state index is 0.136. The van der Waals surface area contributed by atoms with Crippen LogP contribution in [-0.2, 0) is 9.84 Å². The number of ether oxygens (including phenoxy) is 1. The zero-order valence-electron chi connectivity index (χ0n) is 10.7. The predicted octanol–water partition coefficient (Wildman–Crippen LogP) is 1.58. The lowest BCUT2D eigenvalue weighted by atomic mass is 9.97. The van der Waals surface area contributed by atoms with Crippen LogP contribution in [0.5, 0.6) is 5.75 Å². The molecule has 0 radical (unpaired) electrons. The van der Waals surface area contributed by atoms with E-state index in [0.717, 1.165) is 5.69 Å². The van der Waals surface area contributed by atoms with Crippen molar-refractivity contribution in [1.82, 2.24) is 0 Å². The smallest absolute Gasteiger partial charge is 0.153 e. The number of nitrogens with zero attached hydrogens (tertiary/aromatic N) is 1. The Labute approximate surface area is 113 Å². The Morgan fingerprint density at radius 2 is 2.05 bits per heavy atom. The first-order valence-corrected chi connectivity index (χ1v) is 7.85. The quantitative estimate of drug-likeness (QED) is 0.909. The molecule has 1 fully saturated rings. The van der Waals surface area contributed by atoms with Crippen molar-refractivity contribution in [3.8, 4) is 11.8 Å². The first kappa shape index (κ1) is 13.7. The van der Waals surface area contributed by atoms with Gasteiger partial charge in [-0.05, 0) is 37.1 Å². The Bertz CT molecular complexity index is 589. The Hall–Kier alpha value is -1.74. The zero-order valence-corrected chi connectivity index (χ0v) is 11.5. The van der Waals surface area contributed by atoms with Crippen LogP contribution in [0.1, 0.15) is 12.8 Å². The zero-order chi connectivity index (χ0) is 13.9. The molecule has 19 heavy (non-hydrogen) atoms. The van der Waals surface area contributed by atoms with E-state index in [0.29, 0.717) is 18.6 Å². The summed E-state index contributed by atoms with van der Waals surface area (Å²) in [5.41, 5.74) is -0.300. The van der Waals surface area contributed by atoms with Crippen molar-refractivity contribution in [2.45, 2.75) is 18.4 Å². The van der Waals surface area contributed by atoms with Crippen molar-refractivity contribution in [1.29, 1.82) is 5.26 Å². The Morgan fingerprint density at radius 3 is 2.58 bits per heavy atom. The molecule has 0 bridgehead atoms. The maximum atomic E-state index is 11.7. The van der Waals surface area contributed by atoms with Gasteiger partial charge < -0.3 is 10.1 Å². The summed E-state index contributed by atoms with van der Waals surface area (Å²) in [6.07, 6.45) is 1.05. The molecule has 0 spiro atoms. The first-order chi connectivity index (χ1) is 8.99. The van der Waals surface area contributed by atoms with Gasteiger partial charge >= 0.3 is 0 Å². The van der Waals surface area contributed by atoms with Crippen molar-refractivity contribution >= 4 is 15.5 Å². The summed E-state index contributed by atoms with van der Waals surface area (Å²) in [4.78, 5) is 0. The van der Waals surface area contributed by atoms with Crippen LogP contribution in [0.3, 0.4) is 0 Å². The Morgan fingerprint density at radius 1 is 1.37 bits per heavy atom. The number of sulfone groups is 1. The number of benzene rings is 1. The highest BCUT2D eigenvalue weighted by molar-refractivity contribution is 7.91. The maximum absolute atomic E-state index is 11.7. The van der Waals surface area contributed by atoms with Gasteiger partial charge in [0.05, 0.1) is 24.7 Å². The van der Waals surface area contributed by atoms with E-state index in [2.05, 4.69) is 11.4 Å². The second kappa shape index (κ2) is 5.10. The summed E-state index contributed by atoms with van der Waals surface area (Å²) < 4.78 is 28.5. The van der Waals surface area contributed by atoms with E-state index in [4.69, 9.17) is 4.74 Å². The average molecular weight is 280 g/mol. The molecule has 1 saturated heterocycles. The number of nitriles is 1. The SMILES string of the molecule is COc1ccc(NC2(C#N)CCCS(=O)(=O)C2)cc1. The monoisotopic (exact) mass is 280 g/mol. The van der Waals surface area contributed by atoms with E-state index < -0.39 is 15.4 Å². The van der Waals surface area contributed by atoms with Gasteiger partial charge in [0.25, 0.3) is 0 Å².